The molecule has 3 rings (SSSR count). The Balaban J connectivity index is 1.64. The summed E-state index contributed by atoms with van der Waals surface area (Å²) in [5, 5.41) is 3.02. The van der Waals surface area contributed by atoms with Crippen molar-refractivity contribution in [1.29, 1.82) is 0 Å². The normalized spacial score (nSPS) is 20.6. The lowest BCUT2D eigenvalue weighted by atomic mass is 9.96. The molecule has 3 amide bonds. The first kappa shape index (κ1) is 17.8. The lowest BCUT2D eigenvalue weighted by Crippen LogP contribution is -2.42. The Morgan fingerprint density at radius 2 is 1.84 bits per heavy atom. The van der Waals surface area contributed by atoms with Gasteiger partial charge in [-0.25, -0.2) is 4.79 Å². The van der Waals surface area contributed by atoms with Crippen LogP contribution in [0.1, 0.15) is 54.9 Å². The first-order chi connectivity index (χ1) is 12.1. The molecule has 25 heavy (non-hydrogen) atoms. The molecule has 0 unspecified atom stereocenters. The molecule has 2 heterocycles. The van der Waals surface area contributed by atoms with E-state index in [2.05, 4.69) is 12.2 Å². The number of likely N-dealkylation sites (tertiary alicyclic amines) is 2. The number of carbonyl (C=O) groups excluding carboxylic acids is 2. The van der Waals surface area contributed by atoms with Crippen LogP contribution in [-0.2, 0) is 0 Å². The van der Waals surface area contributed by atoms with Crippen LogP contribution in [0.3, 0.4) is 0 Å². The number of urea groups is 1. The third-order valence-corrected chi connectivity index (χ3v) is 5.49. The van der Waals surface area contributed by atoms with Crippen molar-refractivity contribution in [2.45, 2.75) is 46.0 Å². The van der Waals surface area contributed by atoms with Crippen molar-refractivity contribution < 1.29 is 9.59 Å². The highest BCUT2D eigenvalue weighted by molar-refractivity contribution is 5.96. The summed E-state index contributed by atoms with van der Waals surface area (Å²) in [6.45, 7) is 7.50. The van der Waals surface area contributed by atoms with Gasteiger partial charge in [0.05, 0.1) is 0 Å². The number of piperidine rings is 1. The van der Waals surface area contributed by atoms with Crippen LogP contribution in [0.25, 0.3) is 0 Å². The van der Waals surface area contributed by atoms with Crippen molar-refractivity contribution in [3.05, 3.63) is 29.3 Å². The van der Waals surface area contributed by atoms with Crippen LogP contribution >= 0.6 is 0 Å². The van der Waals surface area contributed by atoms with E-state index in [1.807, 2.05) is 34.9 Å². The fraction of sp³-hybridized carbons (Fsp3) is 0.600. The number of hydrogen-bond donors (Lipinski definition) is 1. The van der Waals surface area contributed by atoms with Crippen LogP contribution < -0.4 is 5.32 Å². The summed E-state index contributed by atoms with van der Waals surface area (Å²) < 4.78 is 0. The molecule has 0 spiro atoms. The highest BCUT2D eigenvalue weighted by Crippen LogP contribution is 2.22. The summed E-state index contributed by atoms with van der Waals surface area (Å²) in [5.41, 5.74) is 2.44. The van der Waals surface area contributed by atoms with Gasteiger partial charge in [-0.2, -0.15) is 0 Å². The lowest BCUT2D eigenvalue weighted by molar-refractivity contribution is 0.0792. The van der Waals surface area contributed by atoms with Gasteiger partial charge in [-0.05, 0) is 62.3 Å². The van der Waals surface area contributed by atoms with Crippen LogP contribution in [0.15, 0.2) is 18.2 Å². The molecule has 0 radical (unpaired) electrons. The van der Waals surface area contributed by atoms with Crippen molar-refractivity contribution in [1.82, 2.24) is 9.80 Å². The van der Waals surface area contributed by atoms with E-state index in [1.165, 1.54) is 6.42 Å². The van der Waals surface area contributed by atoms with E-state index in [1.54, 1.807) is 0 Å². The van der Waals surface area contributed by atoms with Gasteiger partial charge in [0.15, 0.2) is 0 Å². The second kappa shape index (κ2) is 7.89. The van der Waals surface area contributed by atoms with Crippen LogP contribution in [0.4, 0.5) is 10.5 Å². The van der Waals surface area contributed by atoms with Crippen molar-refractivity contribution in [2.24, 2.45) is 5.92 Å². The fourth-order valence-electron chi connectivity index (χ4n) is 3.82. The number of carbonyl (C=O) groups is 2. The zero-order chi connectivity index (χ0) is 17.8. The number of benzene rings is 1. The van der Waals surface area contributed by atoms with E-state index in [0.717, 1.165) is 63.1 Å². The number of nitrogens with zero attached hydrogens (tertiary/aromatic N) is 2. The minimum atomic E-state index is -0.0279. The topological polar surface area (TPSA) is 52.7 Å². The Hall–Kier alpha value is -2.04. The largest absolute Gasteiger partial charge is 0.339 e. The number of aryl methyl sites for hydroxylation is 1. The highest BCUT2D eigenvalue weighted by atomic mass is 16.2. The zero-order valence-electron chi connectivity index (χ0n) is 15.4. The number of anilines is 1. The van der Waals surface area contributed by atoms with Gasteiger partial charge in [-0.1, -0.05) is 13.3 Å². The SMILES string of the molecule is CC[C@@H]1CCCN(C(=O)Nc2ccc(C(=O)N3CCCC3)cc2C)C1. The predicted octanol–water partition coefficient (Wildman–Crippen LogP) is 3.88. The van der Waals surface area contributed by atoms with Gasteiger partial charge in [0.25, 0.3) is 5.91 Å². The molecule has 0 bridgehead atoms. The van der Waals surface area contributed by atoms with Crippen molar-refractivity contribution in [2.75, 3.05) is 31.5 Å². The second-order valence-electron chi connectivity index (χ2n) is 7.32. The van der Waals surface area contributed by atoms with Crippen LogP contribution in [0.5, 0.6) is 0 Å². The lowest BCUT2D eigenvalue weighted by Gasteiger charge is -2.32. The molecule has 136 valence electrons. The van der Waals surface area contributed by atoms with E-state index in [-0.39, 0.29) is 11.9 Å². The quantitative estimate of drug-likeness (QED) is 0.905. The molecule has 1 N–H and O–H groups in total. The first-order valence-corrected chi connectivity index (χ1v) is 9.54. The molecule has 2 fully saturated rings. The number of hydrogen-bond acceptors (Lipinski definition) is 2. The monoisotopic (exact) mass is 343 g/mol. The summed E-state index contributed by atoms with van der Waals surface area (Å²) in [7, 11) is 0. The smallest absolute Gasteiger partial charge is 0.321 e. The van der Waals surface area contributed by atoms with Crippen LogP contribution in [-0.4, -0.2) is 47.9 Å². The Bertz CT molecular complexity index is 638. The van der Waals surface area contributed by atoms with E-state index in [4.69, 9.17) is 0 Å². The van der Waals surface area contributed by atoms with Crippen LogP contribution in [0.2, 0.25) is 0 Å². The van der Waals surface area contributed by atoms with E-state index >= 15 is 0 Å². The second-order valence-corrected chi connectivity index (χ2v) is 7.32. The standard InChI is InChI=1S/C20H29N3O2/c1-3-16-7-6-12-23(14-16)20(25)21-18-9-8-17(13-15(18)2)19(24)22-10-4-5-11-22/h8-9,13,16H,3-7,10-12,14H2,1-2H3,(H,21,25)/t16-/m1/s1. The van der Waals surface area contributed by atoms with Gasteiger partial charge >= 0.3 is 6.03 Å². The highest BCUT2D eigenvalue weighted by Gasteiger charge is 2.23. The van der Waals surface area contributed by atoms with Gasteiger partial charge in [-0.15, -0.1) is 0 Å². The van der Waals surface area contributed by atoms with E-state index in [0.29, 0.717) is 11.5 Å². The van der Waals surface area contributed by atoms with Crippen LogP contribution in [0, 0.1) is 12.8 Å². The van der Waals surface area contributed by atoms with Gasteiger partial charge in [0.1, 0.15) is 0 Å². The molecule has 0 aromatic heterocycles. The van der Waals surface area contributed by atoms with Gasteiger partial charge in [0, 0.05) is 37.4 Å². The third-order valence-electron chi connectivity index (χ3n) is 5.49. The Morgan fingerprint density at radius 1 is 1.12 bits per heavy atom. The van der Waals surface area contributed by atoms with E-state index < -0.39 is 0 Å². The van der Waals surface area contributed by atoms with E-state index in [9.17, 15) is 9.59 Å². The number of nitrogens with one attached hydrogen (secondary N) is 1. The molecule has 1 aromatic carbocycles. The third kappa shape index (κ3) is 4.14. The maximum atomic E-state index is 12.5. The first-order valence-electron chi connectivity index (χ1n) is 9.54. The van der Waals surface area contributed by atoms with Crippen molar-refractivity contribution in [3.8, 4) is 0 Å². The molecular weight excluding hydrogens is 314 g/mol. The molecule has 1 atom stereocenters. The summed E-state index contributed by atoms with van der Waals surface area (Å²) in [6, 6.07) is 5.55. The Morgan fingerprint density at radius 3 is 2.52 bits per heavy atom. The van der Waals surface area contributed by atoms with Gasteiger partial charge in [0.2, 0.25) is 0 Å². The molecule has 2 aliphatic heterocycles. The number of amides is 3. The Labute approximate surface area is 150 Å². The molecule has 2 aliphatic rings. The number of rotatable bonds is 3. The predicted molar refractivity (Wildman–Crippen MR) is 99.9 cm³/mol. The average Bonchev–Trinajstić information content (AvgIpc) is 3.17. The van der Waals surface area contributed by atoms with Crippen molar-refractivity contribution >= 4 is 17.6 Å². The molecule has 2 saturated heterocycles. The summed E-state index contributed by atoms with van der Waals surface area (Å²) in [5.74, 6) is 0.710. The Kier molecular flexibility index (Phi) is 5.61. The molecule has 5 nitrogen and oxygen atoms in total. The minimum Gasteiger partial charge on any atom is -0.339 e. The maximum absolute atomic E-state index is 12.5. The average molecular weight is 343 g/mol. The molecular formula is C20H29N3O2. The fourth-order valence-corrected chi connectivity index (χ4v) is 3.82. The molecule has 0 saturated carbocycles. The zero-order valence-corrected chi connectivity index (χ0v) is 15.4. The van der Waals surface area contributed by atoms with Gasteiger partial charge in [-0.3, -0.25) is 4.79 Å². The summed E-state index contributed by atoms with van der Waals surface area (Å²) >= 11 is 0. The van der Waals surface area contributed by atoms with Crippen molar-refractivity contribution in [3.63, 3.8) is 0 Å². The summed E-state index contributed by atoms with van der Waals surface area (Å²) in [6.07, 6.45) is 5.60. The molecule has 1 aromatic rings. The maximum Gasteiger partial charge on any atom is 0.321 e. The minimum absolute atomic E-state index is 0.0279. The molecule has 0 aliphatic carbocycles. The summed E-state index contributed by atoms with van der Waals surface area (Å²) in [4.78, 5) is 28.9. The molecule has 5 heteroatoms. The van der Waals surface area contributed by atoms with Gasteiger partial charge < -0.3 is 15.1 Å².